The Bertz CT molecular complexity index is 591. The number of aryl methyl sites for hydroxylation is 1. The molecule has 2 aromatic rings. The number of benzene rings is 1. The molecule has 0 unspecified atom stereocenters. The molecule has 0 saturated heterocycles. The van der Waals surface area contributed by atoms with Crippen LogP contribution in [0.3, 0.4) is 0 Å². The molecule has 0 aliphatic rings. The zero-order valence-corrected chi connectivity index (χ0v) is 11.8. The van der Waals surface area contributed by atoms with Crippen molar-refractivity contribution in [1.82, 2.24) is 20.8 Å². The third kappa shape index (κ3) is 4.45. The monoisotopic (exact) mass is 286 g/mol. The van der Waals surface area contributed by atoms with E-state index in [0.717, 1.165) is 11.1 Å². The van der Waals surface area contributed by atoms with Gasteiger partial charge in [0, 0.05) is 31.8 Å². The summed E-state index contributed by atoms with van der Waals surface area (Å²) in [4.78, 5) is 23.1. The largest absolute Gasteiger partial charge is 0.355 e. The highest BCUT2D eigenvalue weighted by atomic mass is 16.2. The summed E-state index contributed by atoms with van der Waals surface area (Å²) in [5, 5.41) is 12.0. The van der Waals surface area contributed by atoms with Gasteiger partial charge in [-0.05, 0) is 29.7 Å². The van der Waals surface area contributed by atoms with E-state index in [0.29, 0.717) is 24.9 Å². The Hall–Kier alpha value is -2.63. The molecule has 1 aromatic carbocycles. The minimum Gasteiger partial charge on any atom is -0.355 e. The Morgan fingerprint density at radius 2 is 1.95 bits per heavy atom. The number of H-pyrrole nitrogens is 1. The number of rotatable bonds is 6. The van der Waals surface area contributed by atoms with Crippen molar-refractivity contribution in [3.05, 3.63) is 53.3 Å². The van der Waals surface area contributed by atoms with Gasteiger partial charge in [-0.2, -0.15) is 5.10 Å². The molecule has 0 saturated carbocycles. The Balaban J connectivity index is 1.77. The smallest absolute Gasteiger partial charge is 0.251 e. The molecule has 0 atom stereocenters. The van der Waals surface area contributed by atoms with Crippen LogP contribution in [0.4, 0.5) is 0 Å². The predicted molar refractivity (Wildman–Crippen MR) is 78.6 cm³/mol. The lowest BCUT2D eigenvalue weighted by Gasteiger charge is -2.06. The Kier molecular flexibility index (Phi) is 5.09. The fourth-order valence-corrected chi connectivity index (χ4v) is 1.88. The van der Waals surface area contributed by atoms with Gasteiger partial charge in [-0.15, -0.1) is 0 Å². The summed E-state index contributed by atoms with van der Waals surface area (Å²) in [5.41, 5.74) is 2.58. The zero-order chi connectivity index (χ0) is 15.1. The van der Waals surface area contributed by atoms with Gasteiger partial charge in [0.25, 0.3) is 5.91 Å². The van der Waals surface area contributed by atoms with Crippen LogP contribution in [-0.4, -0.2) is 29.1 Å². The van der Waals surface area contributed by atoms with Crippen LogP contribution in [0, 0.1) is 0 Å². The van der Waals surface area contributed by atoms with E-state index in [1.165, 1.54) is 0 Å². The van der Waals surface area contributed by atoms with E-state index in [9.17, 15) is 9.59 Å². The van der Waals surface area contributed by atoms with Crippen LogP contribution in [0.1, 0.15) is 27.9 Å². The molecule has 21 heavy (non-hydrogen) atoms. The lowest BCUT2D eigenvalue weighted by atomic mass is 10.1. The molecule has 1 aromatic heterocycles. The van der Waals surface area contributed by atoms with Crippen molar-refractivity contribution in [2.45, 2.75) is 19.4 Å². The van der Waals surface area contributed by atoms with Crippen LogP contribution in [0.15, 0.2) is 36.7 Å². The third-order valence-electron chi connectivity index (χ3n) is 3.13. The van der Waals surface area contributed by atoms with E-state index in [1.807, 2.05) is 12.1 Å². The number of amides is 2. The number of hydrogen-bond donors (Lipinski definition) is 3. The summed E-state index contributed by atoms with van der Waals surface area (Å²) >= 11 is 0. The highest BCUT2D eigenvalue weighted by molar-refractivity contribution is 5.93. The van der Waals surface area contributed by atoms with Gasteiger partial charge in [-0.25, -0.2) is 0 Å². The van der Waals surface area contributed by atoms with Gasteiger partial charge >= 0.3 is 0 Å². The molecule has 0 radical (unpaired) electrons. The Labute approximate surface area is 122 Å². The van der Waals surface area contributed by atoms with E-state index >= 15 is 0 Å². The number of nitrogens with one attached hydrogen (secondary N) is 3. The van der Waals surface area contributed by atoms with Crippen molar-refractivity contribution in [2.75, 3.05) is 7.05 Å². The molecular weight excluding hydrogens is 268 g/mol. The number of nitrogens with zero attached hydrogens (tertiary/aromatic N) is 1. The van der Waals surface area contributed by atoms with E-state index < -0.39 is 0 Å². The minimum absolute atomic E-state index is 0.00780. The highest BCUT2D eigenvalue weighted by Crippen LogP contribution is 2.05. The van der Waals surface area contributed by atoms with Crippen molar-refractivity contribution in [3.63, 3.8) is 0 Å². The fraction of sp³-hybridized carbons (Fsp3) is 0.267. The standard InChI is InChI=1S/C15H18N4O2/c1-16-15(21)13-5-2-11(3-6-13)8-17-14(20)7-4-12-9-18-19-10-12/h2-3,5-6,9-10H,4,7-8H2,1H3,(H,16,21)(H,17,20)(H,18,19). The molecule has 2 amide bonds. The van der Waals surface area contributed by atoms with Crippen LogP contribution >= 0.6 is 0 Å². The molecule has 0 aliphatic heterocycles. The van der Waals surface area contributed by atoms with Crippen molar-refractivity contribution < 1.29 is 9.59 Å². The van der Waals surface area contributed by atoms with Crippen LogP contribution in [0.2, 0.25) is 0 Å². The Morgan fingerprint density at radius 1 is 1.19 bits per heavy atom. The second-order valence-electron chi connectivity index (χ2n) is 4.66. The van der Waals surface area contributed by atoms with Gasteiger partial charge in [0.2, 0.25) is 5.91 Å². The van der Waals surface area contributed by atoms with E-state index in [1.54, 1.807) is 31.6 Å². The van der Waals surface area contributed by atoms with E-state index in [4.69, 9.17) is 0 Å². The van der Waals surface area contributed by atoms with Crippen molar-refractivity contribution in [2.24, 2.45) is 0 Å². The van der Waals surface area contributed by atoms with Crippen molar-refractivity contribution in [1.29, 1.82) is 0 Å². The second-order valence-corrected chi connectivity index (χ2v) is 4.66. The van der Waals surface area contributed by atoms with Gasteiger partial charge < -0.3 is 10.6 Å². The summed E-state index contributed by atoms with van der Waals surface area (Å²) in [6, 6.07) is 7.15. The van der Waals surface area contributed by atoms with Gasteiger partial charge in [0.05, 0.1) is 6.20 Å². The van der Waals surface area contributed by atoms with Gasteiger partial charge in [0.1, 0.15) is 0 Å². The fourth-order valence-electron chi connectivity index (χ4n) is 1.88. The molecule has 3 N–H and O–H groups in total. The maximum Gasteiger partial charge on any atom is 0.251 e. The topological polar surface area (TPSA) is 86.9 Å². The SMILES string of the molecule is CNC(=O)c1ccc(CNC(=O)CCc2cn[nH]c2)cc1. The summed E-state index contributed by atoms with van der Waals surface area (Å²) in [6.45, 7) is 0.457. The highest BCUT2D eigenvalue weighted by Gasteiger charge is 2.05. The lowest BCUT2D eigenvalue weighted by molar-refractivity contribution is -0.121. The first-order valence-corrected chi connectivity index (χ1v) is 6.74. The zero-order valence-electron chi connectivity index (χ0n) is 11.8. The first-order valence-electron chi connectivity index (χ1n) is 6.74. The third-order valence-corrected chi connectivity index (χ3v) is 3.13. The van der Waals surface area contributed by atoms with Crippen molar-refractivity contribution >= 4 is 11.8 Å². The van der Waals surface area contributed by atoms with Crippen LogP contribution in [-0.2, 0) is 17.8 Å². The number of aromatic amines is 1. The molecular formula is C15H18N4O2. The van der Waals surface area contributed by atoms with Gasteiger partial charge in [-0.1, -0.05) is 12.1 Å². The molecule has 0 spiro atoms. The first kappa shape index (κ1) is 14.8. The van der Waals surface area contributed by atoms with Gasteiger partial charge in [0.15, 0.2) is 0 Å². The molecule has 0 bridgehead atoms. The minimum atomic E-state index is -0.120. The number of carbonyl (C=O) groups excluding carboxylic acids is 2. The maximum absolute atomic E-state index is 11.7. The van der Waals surface area contributed by atoms with Crippen LogP contribution < -0.4 is 10.6 Å². The maximum atomic E-state index is 11.7. The lowest BCUT2D eigenvalue weighted by Crippen LogP contribution is -2.23. The second kappa shape index (κ2) is 7.23. The van der Waals surface area contributed by atoms with Gasteiger partial charge in [-0.3, -0.25) is 14.7 Å². The summed E-state index contributed by atoms with van der Waals surface area (Å²) in [6.07, 6.45) is 4.59. The molecule has 0 fully saturated rings. The summed E-state index contributed by atoms with van der Waals surface area (Å²) in [5.74, 6) is -0.128. The van der Waals surface area contributed by atoms with E-state index in [-0.39, 0.29) is 11.8 Å². The molecule has 6 nitrogen and oxygen atoms in total. The van der Waals surface area contributed by atoms with Crippen LogP contribution in [0.5, 0.6) is 0 Å². The molecule has 1 heterocycles. The predicted octanol–water partition coefficient (Wildman–Crippen LogP) is 1.02. The summed E-state index contributed by atoms with van der Waals surface area (Å²) in [7, 11) is 1.59. The molecule has 6 heteroatoms. The Morgan fingerprint density at radius 3 is 2.57 bits per heavy atom. The molecule has 0 aliphatic carbocycles. The quantitative estimate of drug-likeness (QED) is 0.741. The van der Waals surface area contributed by atoms with Crippen LogP contribution in [0.25, 0.3) is 0 Å². The number of carbonyl (C=O) groups is 2. The normalized spacial score (nSPS) is 10.1. The summed E-state index contributed by atoms with van der Waals surface area (Å²) < 4.78 is 0. The number of hydrogen-bond acceptors (Lipinski definition) is 3. The molecule has 2 rings (SSSR count). The van der Waals surface area contributed by atoms with E-state index in [2.05, 4.69) is 20.8 Å². The number of aromatic nitrogens is 2. The average molecular weight is 286 g/mol. The van der Waals surface area contributed by atoms with Crippen molar-refractivity contribution in [3.8, 4) is 0 Å². The molecule has 110 valence electrons. The average Bonchev–Trinajstić information content (AvgIpc) is 3.04. The first-order chi connectivity index (χ1) is 10.2.